The van der Waals surface area contributed by atoms with Crippen molar-refractivity contribution in [3.05, 3.63) is 12.5 Å². The predicted molar refractivity (Wildman–Crippen MR) is 34.4 cm³/mol. The second kappa shape index (κ2) is 2.53. The molecule has 0 radical (unpaired) electrons. The van der Waals surface area contributed by atoms with Gasteiger partial charge in [-0.25, -0.2) is 4.98 Å². The number of nitrogens with zero attached hydrogens (tertiary/aromatic N) is 1. The van der Waals surface area contributed by atoms with Gasteiger partial charge in [-0.05, 0) is 13.8 Å². The summed E-state index contributed by atoms with van der Waals surface area (Å²) in [4.78, 5) is 6.63. The van der Waals surface area contributed by atoms with Crippen LogP contribution < -0.4 is 4.74 Å². The predicted octanol–water partition coefficient (Wildman–Crippen LogP) is 1.20. The lowest BCUT2D eigenvalue weighted by atomic mass is 10.5. The van der Waals surface area contributed by atoms with Gasteiger partial charge in [0.15, 0.2) is 0 Å². The summed E-state index contributed by atoms with van der Waals surface area (Å²) in [5.41, 5.74) is 0. The smallest absolute Gasteiger partial charge is 0.211 e. The summed E-state index contributed by atoms with van der Waals surface area (Å²) in [5, 5.41) is 0. The van der Waals surface area contributed by atoms with E-state index in [1.165, 1.54) is 0 Å². The molecule has 0 saturated heterocycles. The van der Waals surface area contributed by atoms with Gasteiger partial charge in [-0.1, -0.05) is 0 Å². The van der Waals surface area contributed by atoms with Crippen molar-refractivity contribution in [3.8, 4) is 5.88 Å². The molecule has 1 heterocycles. The van der Waals surface area contributed by atoms with E-state index in [1.54, 1.807) is 12.5 Å². The van der Waals surface area contributed by atoms with E-state index >= 15 is 0 Å². The van der Waals surface area contributed by atoms with Crippen LogP contribution in [-0.4, -0.2) is 16.1 Å². The molecule has 0 aromatic carbocycles. The number of aromatic amines is 1. The molecule has 1 aromatic rings. The maximum Gasteiger partial charge on any atom is 0.211 e. The van der Waals surface area contributed by atoms with E-state index in [9.17, 15) is 0 Å². The van der Waals surface area contributed by atoms with Crippen molar-refractivity contribution in [3.63, 3.8) is 0 Å². The normalized spacial score (nSPS) is 10.1. The van der Waals surface area contributed by atoms with E-state index in [0.29, 0.717) is 0 Å². The molecule has 0 amide bonds. The Morgan fingerprint density at radius 2 is 2.44 bits per heavy atom. The Bertz CT molecular complexity index is 158. The fraction of sp³-hybridized carbons (Fsp3) is 0.500. The van der Waals surface area contributed by atoms with Crippen LogP contribution in [0.15, 0.2) is 12.5 Å². The standard InChI is InChI=1S/C6H10N2O/c1-5(2)9-6-3-7-4-8-6/h3-5H,1-2H3,(H,7,8). The highest BCUT2D eigenvalue weighted by Crippen LogP contribution is 2.03. The van der Waals surface area contributed by atoms with Crippen LogP contribution in [0.4, 0.5) is 0 Å². The van der Waals surface area contributed by atoms with Crippen LogP contribution in [-0.2, 0) is 0 Å². The van der Waals surface area contributed by atoms with Gasteiger partial charge in [-0.15, -0.1) is 0 Å². The monoisotopic (exact) mass is 126 g/mol. The average Bonchev–Trinajstić information content (AvgIpc) is 2.15. The number of aromatic nitrogens is 2. The van der Waals surface area contributed by atoms with E-state index in [0.717, 1.165) is 5.88 Å². The first-order chi connectivity index (χ1) is 4.29. The molecular weight excluding hydrogens is 116 g/mol. The Labute approximate surface area is 54.1 Å². The van der Waals surface area contributed by atoms with Gasteiger partial charge in [0.25, 0.3) is 0 Å². The summed E-state index contributed by atoms with van der Waals surface area (Å²) >= 11 is 0. The average molecular weight is 126 g/mol. The molecule has 0 spiro atoms. The second-order valence-corrected chi connectivity index (χ2v) is 2.08. The lowest BCUT2D eigenvalue weighted by molar-refractivity contribution is 0.234. The fourth-order valence-electron chi connectivity index (χ4n) is 0.562. The topological polar surface area (TPSA) is 37.9 Å². The van der Waals surface area contributed by atoms with Crippen molar-refractivity contribution in [1.82, 2.24) is 9.97 Å². The Hall–Kier alpha value is -0.990. The van der Waals surface area contributed by atoms with Crippen LogP contribution >= 0.6 is 0 Å². The first kappa shape index (κ1) is 6.13. The van der Waals surface area contributed by atoms with Crippen molar-refractivity contribution in [2.45, 2.75) is 20.0 Å². The lowest BCUT2D eigenvalue weighted by Gasteiger charge is -2.04. The van der Waals surface area contributed by atoms with Crippen molar-refractivity contribution in [2.24, 2.45) is 0 Å². The Morgan fingerprint density at radius 1 is 1.67 bits per heavy atom. The highest BCUT2D eigenvalue weighted by atomic mass is 16.5. The van der Waals surface area contributed by atoms with Gasteiger partial charge >= 0.3 is 0 Å². The number of H-pyrrole nitrogens is 1. The minimum atomic E-state index is 0.213. The number of hydrogen-bond acceptors (Lipinski definition) is 2. The third kappa shape index (κ3) is 1.76. The van der Waals surface area contributed by atoms with Gasteiger partial charge < -0.3 is 9.72 Å². The minimum Gasteiger partial charge on any atom is -0.475 e. The third-order valence-electron chi connectivity index (χ3n) is 0.836. The zero-order valence-electron chi connectivity index (χ0n) is 5.59. The molecule has 0 unspecified atom stereocenters. The number of imidazole rings is 1. The molecule has 0 aliphatic heterocycles. The molecule has 0 aliphatic carbocycles. The van der Waals surface area contributed by atoms with Crippen LogP contribution in [0.3, 0.4) is 0 Å². The summed E-state index contributed by atoms with van der Waals surface area (Å²) in [7, 11) is 0. The largest absolute Gasteiger partial charge is 0.475 e. The van der Waals surface area contributed by atoms with Crippen molar-refractivity contribution in [1.29, 1.82) is 0 Å². The van der Waals surface area contributed by atoms with Gasteiger partial charge in [-0.3, -0.25) is 0 Å². The quantitative estimate of drug-likeness (QED) is 0.646. The van der Waals surface area contributed by atoms with E-state index in [-0.39, 0.29) is 6.10 Å². The molecule has 9 heavy (non-hydrogen) atoms. The molecule has 3 nitrogen and oxygen atoms in total. The lowest BCUT2D eigenvalue weighted by Crippen LogP contribution is -2.05. The molecule has 0 atom stereocenters. The van der Waals surface area contributed by atoms with Gasteiger partial charge in [0.2, 0.25) is 5.88 Å². The van der Waals surface area contributed by atoms with Crippen molar-refractivity contribution in [2.75, 3.05) is 0 Å². The van der Waals surface area contributed by atoms with Gasteiger partial charge in [0.1, 0.15) is 0 Å². The number of hydrogen-bond donors (Lipinski definition) is 1. The highest BCUT2D eigenvalue weighted by molar-refractivity contribution is 5.01. The minimum absolute atomic E-state index is 0.213. The van der Waals surface area contributed by atoms with E-state index < -0.39 is 0 Å². The number of ether oxygens (including phenoxy) is 1. The van der Waals surface area contributed by atoms with Gasteiger partial charge in [0.05, 0.1) is 18.6 Å². The molecule has 0 bridgehead atoms. The Kier molecular flexibility index (Phi) is 1.72. The fourth-order valence-corrected chi connectivity index (χ4v) is 0.562. The molecular formula is C6H10N2O. The SMILES string of the molecule is CC(C)Oc1cnc[nH]1. The molecule has 50 valence electrons. The van der Waals surface area contributed by atoms with Crippen LogP contribution in [0.2, 0.25) is 0 Å². The van der Waals surface area contributed by atoms with Gasteiger partial charge in [-0.2, -0.15) is 0 Å². The van der Waals surface area contributed by atoms with E-state index in [4.69, 9.17) is 4.74 Å². The summed E-state index contributed by atoms with van der Waals surface area (Å²) < 4.78 is 5.24. The van der Waals surface area contributed by atoms with E-state index in [1.807, 2.05) is 13.8 Å². The zero-order chi connectivity index (χ0) is 6.69. The maximum absolute atomic E-state index is 5.24. The van der Waals surface area contributed by atoms with Crippen LogP contribution in [0, 0.1) is 0 Å². The summed E-state index contributed by atoms with van der Waals surface area (Å²) in [6, 6.07) is 0. The molecule has 1 aromatic heterocycles. The van der Waals surface area contributed by atoms with Crippen molar-refractivity contribution < 1.29 is 4.74 Å². The number of nitrogens with one attached hydrogen (secondary N) is 1. The highest BCUT2D eigenvalue weighted by Gasteiger charge is 1.95. The first-order valence-corrected chi connectivity index (χ1v) is 2.94. The Balaban J connectivity index is 2.48. The molecule has 0 fully saturated rings. The molecule has 0 aliphatic rings. The second-order valence-electron chi connectivity index (χ2n) is 2.08. The maximum atomic E-state index is 5.24. The zero-order valence-corrected chi connectivity index (χ0v) is 5.59. The summed E-state index contributed by atoms with van der Waals surface area (Å²) in [6.45, 7) is 3.95. The molecule has 0 saturated carbocycles. The van der Waals surface area contributed by atoms with E-state index in [2.05, 4.69) is 9.97 Å². The van der Waals surface area contributed by atoms with Gasteiger partial charge in [0, 0.05) is 0 Å². The first-order valence-electron chi connectivity index (χ1n) is 2.94. The van der Waals surface area contributed by atoms with Crippen LogP contribution in [0.25, 0.3) is 0 Å². The molecule has 3 heteroatoms. The Morgan fingerprint density at radius 3 is 2.89 bits per heavy atom. The summed E-state index contributed by atoms with van der Waals surface area (Å²) in [6.07, 6.45) is 3.46. The van der Waals surface area contributed by atoms with Crippen molar-refractivity contribution >= 4 is 0 Å². The summed E-state index contributed by atoms with van der Waals surface area (Å²) in [5.74, 6) is 0.727. The van der Waals surface area contributed by atoms with Crippen LogP contribution in [0.5, 0.6) is 5.88 Å². The molecule has 1 N–H and O–H groups in total. The number of rotatable bonds is 2. The third-order valence-corrected chi connectivity index (χ3v) is 0.836. The van der Waals surface area contributed by atoms with Crippen LogP contribution in [0.1, 0.15) is 13.8 Å². The molecule has 1 rings (SSSR count).